The summed E-state index contributed by atoms with van der Waals surface area (Å²) >= 11 is 6.64. The van der Waals surface area contributed by atoms with E-state index in [1.54, 1.807) is 6.07 Å². The third-order valence-corrected chi connectivity index (χ3v) is 10.6. The number of aromatic nitrogens is 1. The lowest BCUT2D eigenvalue weighted by Gasteiger charge is -2.63. The number of fused-ring (bicyclic) bond motifs is 4. The molecular formula is C29H29ClN2O3. The van der Waals surface area contributed by atoms with Crippen molar-refractivity contribution in [1.29, 1.82) is 0 Å². The summed E-state index contributed by atoms with van der Waals surface area (Å²) in [5.41, 5.74) is 5.87. The van der Waals surface area contributed by atoms with E-state index in [2.05, 4.69) is 27.7 Å². The Labute approximate surface area is 209 Å². The van der Waals surface area contributed by atoms with Crippen molar-refractivity contribution in [3.8, 4) is 11.5 Å². The molecule has 3 aromatic rings. The number of nitrogens with zero attached hydrogens (tertiary/aromatic N) is 2. The molecule has 4 atom stereocenters. The Balaban J connectivity index is 1.36. The molecule has 0 radical (unpaired) electrons. The fourth-order valence-electron chi connectivity index (χ4n) is 8.88. The molecule has 3 aliphatic heterocycles. The second-order valence-electron chi connectivity index (χ2n) is 12.0. The Morgan fingerprint density at radius 3 is 2.89 bits per heavy atom. The van der Waals surface area contributed by atoms with Gasteiger partial charge >= 0.3 is 0 Å². The summed E-state index contributed by atoms with van der Waals surface area (Å²) in [6.45, 7) is 3.02. The maximum atomic E-state index is 13.0. The number of aliphatic hydroxyl groups is 1. The van der Waals surface area contributed by atoms with E-state index in [9.17, 15) is 10.2 Å². The van der Waals surface area contributed by atoms with E-state index >= 15 is 0 Å². The molecular weight excluding hydrogens is 460 g/mol. The van der Waals surface area contributed by atoms with Crippen molar-refractivity contribution in [2.75, 3.05) is 13.1 Å². The summed E-state index contributed by atoms with van der Waals surface area (Å²) in [6, 6.07) is 8.16. The Morgan fingerprint density at radius 2 is 2.03 bits per heavy atom. The number of hydrogen-bond acceptors (Lipinski definition) is 4. The first-order valence-corrected chi connectivity index (χ1v) is 13.7. The molecule has 9 rings (SSSR count). The van der Waals surface area contributed by atoms with Gasteiger partial charge in [-0.25, -0.2) is 0 Å². The lowest BCUT2D eigenvalue weighted by atomic mass is 9.49. The number of rotatable bonds is 2. The average molecular weight is 489 g/mol. The van der Waals surface area contributed by atoms with Gasteiger partial charge in [-0.2, -0.15) is 0 Å². The summed E-state index contributed by atoms with van der Waals surface area (Å²) < 4.78 is 9.29. The highest BCUT2D eigenvalue weighted by atomic mass is 35.5. The van der Waals surface area contributed by atoms with Crippen LogP contribution < -0.4 is 4.74 Å². The van der Waals surface area contributed by atoms with Crippen molar-refractivity contribution in [1.82, 2.24) is 9.47 Å². The van der Waals surface area contributed by atoms with E-state index in [0.29, 0.717) is 12.2 Å². The highest BCUT2D eigenvalue weighted by Gasteiger charge is 2.73. The molecule has 1 saturated carbocycles. The molecule has 2 N–H and O–H groups in total. The molecule has 35 heavy (non-hydrogen) atoms. The van der Waals surface area contributed by atoms with Crippen molar-refractivity contribution < 1.29 is 14.9 Å². The van der Waals surface area contributed by atoms with Gasteiger partial charge in [0.05, 0.1) is 22.2 Å². The zero-order valence-corrected chi connectivity index (χ0v) is 20.4. The normalized spacial score (nSPS) is 34.0. The van der Waals surface area contributed by atoms with Crippen molar-refractivity contribution in [2.24, 2.45) is 5.92 Å². The van der Waals surface area contributed by atoms with E-state index in [0.717, 1.165) is 61.8 Å². The fraction of sp³-hybridized carbons (Fsp3) is 0.517. The SMILES string of the molecule is Oc1ccc2c3c1O[C@H]1c4c(c5cc(Cl)cc6c5n4CCC6)C[C@@]4(O)[C@@H](C2)N(CC2CC2)CC[C@]314. The van der Waals surface area contributed by atoms with E-state index < -0.39 is 11.0 Å². The monoisotopic (exact) mass is 488 g/mol. The van der Waals surface area contributed by atoms with Crippen molar-refractivity contribution in [3.63, 3.8) is 0 Å². The number of piperidine rings is 1. The van der Waals surface area contributed by atoms with Gasteiger partial charge < -0.3 is 19.5 Å². The van der Waals surface area contributed by atoms with E-state index in [1.165, 1.54) is 46.1 Å². The summed E-state index contributed by atoms with van der Waals surface area (Å²) in [5, 5.41) is 25.9. The number of ether oxygens (including phenoxy) is 1. The van der Waals surface area contributed by atoms with Crippen LogP contribution >= 0.6 is 11.6 Å². The quantitative estimate of drug-likeness (QED) is 0.551. The second kappa shape index (κ2) is 6.19. The molecule has 1 saturated heterocycles. The molecule has 2 aromatic carbocycles. The van der Waals surface area contributed by atoms with Gasteiger partial charge in [-0.15, -0.1) is 0 Å². The zero-order chi connectivity index (χ0) is 23.3. The zero-order valence-electron chi connectivity index (χ0n) is 19.7. The third-order valence-electron chi connectivity index (χ3n) is 10.4. The van der Waals surface area contributed by atoms with E-state index in [1.807, 2.05) is 0 Å². The smallest absolute Gasteiger partial charge is 0.166 e. The van der Waals surface area contributed by atoms with Gasteiger partial charge in [0.15, 0.2) is 17.6 Å². The Morgan fingerprint density at radius 1 is 1.14 bits per heavy atom. The molecule has 2 fully saturated rings. The van der Waals surface area contributed by atoms with Crippen molar-refractivity contribution >= 4 is 22.5 Å². The predicted octanol–water partition coefficient (Wildman–Crippen LogP) is 4.65. The minimum atomic E-state index is -0.945. The fourth-order valence-corrected chi connectivity index (χ4v) is 9.13. The maximum Gasteiger partial charge on any atom is 0.166 e. The Kier molecular flexibility index (Phi) is 3.52. The number of phenolic OH excluding ortho intramolecular Hbond substituents is 1. The first kappa shape index (κ1) is 19.9. The molecule has 6 aliphatic rings. The Hall–Kier alpha value is -2.21. The van der Waals surface area contributed by atoms with Crippen LogP contribution in [0.15, 0.2) is 24.3 Å². The van der Waals surface area contributed by atoms with Gasteiger partial charge in [0.25, 0.3) is 0 Å². The lowest BCUT2D eigenvalue weighted by Crippen LogP contribution is -2.74. The average Bonchev–Trinajstić information content (AvgIpc) is 3.50. The summed E-state index contributed by atoms with van der Waals surface area (Å²) in [5.74, 6) is 1.59. The van der Waals surface area contributed by atoms with Crippen LogP contribution in [0, 0.1) is 5.92 Å². The van der Waals surface area contributed by atoms with Crippen molar-refractivity contribution in [3.05, 3.63) is 57.2 Å². The van der Waals surface area contributed by atoms with Gasteiger partial charge in [-0.3, -0.25) is 4.90 Å². The van der Waals surface area contributed by atoms with Gasteiger partial charge in [-0.1, -0.05) is 17.7 Å². The molecule has 3 aliphatic carbocycles. The van der Waals surface area contributed by atoms with Crippen molar-refractivity contribution in [2.45, 2.75) is 74.7 Å². The van der Waals surface area contributed by atoms with Gasteiger partial charge in [0, 0.05) is 41.5 Å². The topological polar surface area (TPSA) is 57.9 Å². The van der Waals surface area contributed by atoms with Crippen LogP contribution in [0.4, 0.5) is 0 Å². The number of halogens is 1. The summed E-state index contributed by atoms with van der Waals surface area (Å²) in [6.07, 6.45) is 6.73. The van der Waals surface area contributed by atoms with Crippen LogP contribution in [-0.2, 0) is 31.2 Å². The van der Waals surface area contributed by atoms with Gasteiger partial charge in [-0.05, 0) is 85.9 Å². The molecule has 5 nitrogen and oxygen atoms in total. The molecule has 1 aromatic heterocycles. The molecule has 4 heterocycles. The minimum Gasteiger partial charge on any atom is -0.504 e. The number of aryl methyl sites for hydroxylation is 2. The van der Waals surface area contributed by atoms with Gasteiger partial charge in [0.2, 0.25) is 0 Å². The number of likely N-dealkylation sites (tertiary alicyclic amines) is 1. The molecule has 2 bridgehead atoms. The van der Waals surface area contributed by atoms with Crippen LogP contribution in [0.2, 0.25) is 5.02 Å². The van der Waals surface area contributed by atoms with Crippen LogP contribution in [0.5, 0.6) is 11.5 Å². The number of benzene rings is 2. The van der Waals surface area contributed by atoms with Crippen LogP contribution in [-0.4, -0.2) is 44.4 Å². The number of hydrogen-bond donors (Lipinski definition) is 2. The van der Waals surface area contributed by atoms with Crippen LogP contribution in [0.1, 0.15) is 59.7 Å². The van der Waals surface area contributed by atoms with Crippen LogP contribution in [0.3, 0.4) is 0 Å². The minimum absolute atomic E-state index is 0.0567. The van der Waals surface area contributed by atoms with E-state index in [4.69, 9.17) is 16.3 Å². The highest BCUT2D eigenvalue weighted by Crippen LogP contribution is 2.69. The predicted molar refractivity (Wildman–Crippen MR) is 133 cm³/mol. The first-order valence-electron chi connectivity index (χ1n) is 13.3. The number of aromatic hydroxyl groups is 1. The largest absolute Gasteiger partial charge is 0.504 e. The molecule has 180 valence electrons. The first-order chi connectivity index (χ1) is 17.0. The standard InChI is InChI=1S/C29H29ClN2O3/c30-18-10-17-2-1-8-32-24(17)19(12-18)20-13-29(34)22-11-16-5-6-21(33)26-23(16)28(29,27(35-26)25(20)32)7-9-31(22)14-15-3-4-15/h5-6,10,12,15,22,27,33-34H,1-4,7-9,11,13-14H2/t22-,27+,28+,29-/m1/s1. The second-order valence-corrected chi connectivity index (χ2v) is 12.4. The summed E-state index contributed by atoms with van der Waals surface area (Å²) in [4.78, 5) is 2.59. The molecule has 0 amide bonds. The third kappa shape index (κ3) is 2.18. The molecule has 0 unspecified atom stereocenters. The van der Waals surface area contributed by atoms with E-state index in [-0.39, 0.29) is 17.9 Å². The number of phenols is 1. The Bertz CT molecular complexity index is 1470. The lowest BCUT2D eigenvalue weighted by molar-refractivity contribution is -0.173. The molecule has 1 spiro atoms. The summed E-state index contributed by atoms with van der Waals surface area (Å²) in [7, 11) is 0. The van der Waals surface area contributed by atoms with Crippen LogP contribution in [0.25, 0.3) is 10.9 Å². The highest BCUT2D eigenvalue weighted by molar-refractivity contribution is 6.31. The maximum absolute atomic E-state index is 13.0. The molecule has 6 heteroatoms. The van der Waals surface area contributed by atoms with Gasteiger partial charge in [0.1, 0.15) is 0 Å².